The molecule has 0 spiro atoms. The molecule has 1 atom stereocenters. The number of benzene rings is 3. The van der Waals surface area contributed by atoms with Crippen LogP contribution in [0.25, 0.3) is 21.9 Å². The lowest BCUT2D eigenvalue weighted by atomic mass is 10.1. The van der Waals surface area contributed by atoms with E-state index in [1.807, 2.05) is 66.7 Å². The molecule has 156 valence electrons. The van der Waals surface area contributed by atoms with Gasteiger partial charge in [0.15, 0.2) is 11.5 Å². The first-order chi connectivity index (χ1) is 14.8. The van der Waals surface area contributed by atoms with E-state index in [2.05, 4.69) is 5.32 Å². The second-order valence-corrected chi connectivity index (χ2v) is 6.90. The fraction of sp³-hybridized carbons (Fsp3) is 0.250. The van der Waals surface area contributed by atoms with Crippen molar-refractivity contribution in [2.75, 3.05) is 33.4 Å². The number of hydrogen-bond donors (Lipinski definition) is 2. The number of nitrogens with one attached hydrogen (secondary N) is 1. The molecule has 30 heavy (non-hydrogen) atoms. The molecule has 0 amide bonds. The molecule has 3 aromatic carbocycles. The van der Waals surface area contributed by atoms with Gasteiger partial charge >= 0.3 is 0 Å². The van der Waals surface area contributed by atoms with Gasteiger partial charge in [-0.25, -0.2) is 0 Å². The molecule has 0 aliphatic heterocycles. The summed E-state index contributed by atoms with van der Waals surface area (Å²) < 4.78 is 22.7. The molecule has 0 fully saturated rings. The maximum absolute atomic E-state index is 10.3. The summed E-state index contributed by atoms with van der Waals surface area (Å²) >= 11 is 0. The predicted molar refractivity (Wildman–Crippen MR) is 117 cm³/mol. The number of ether oxygens (including phenoxy) is 3. The van der Waals surface area contributed by atoms with Gasteiger partial charge in [0.05, 0.1) is 12.5 Å². The van der Waals surface area contributed by atoms with E-state index in [4.69, 9.17) is 18.6 Å². The Morgan fingerprint density at radius 2 is 1.60 bits per heavy atom. The van der Waals surface area contributed by atoms with E-state index in [9.17, 15) is 5.11 Å². The summed E-state index contributed by atoms with van der Waals surface area (Å²) in [5.41, 5.74) is 1.59. The number of methoxy groups -OCH3 is 1. The standard InChI is InChI=1S/C24H25NO5/c1-27-20-9-4-5-10-21(20)28-14-13-25-15-17(26)16-29-22-11-6-12-23-24(22)18-7-2-3-8-19(18)30-23/h2-12,17,25-26H,13-16H2,1H3/t17-/m0/s1. The molecular formula is C24H25NO5. The van der Waals surface area contributed by atoms with Crippen LogP contribution in [0, 0.1) is 0 Å². The monoisotopic (exact) mass is 407 g/mol. The maximum atomic E-state index is 10.3. The zero-order valence-electron chi connectivity index (χ0n) is 16.8. The number of aliphatic hydroxyl groups is 1. The molecule has 4 aromatic rings. The van der Waals surface area contributed by atoms with Crippen LogP contribution in [0.4, 0.5) is 0 Å². The Bertz CT molecular complexity index is 1110. The first-order valence-corrected chi connectivity index (χ1v) is 9.94. The number of hydrogen-bond acceptors (Lipinski definition) is 6. The number of aliphatic hydroxyl groups excluding tert-OH is 1. The van der Waals surface area contributed by atoms with Crippen LogP contribution in [-0.2, 0) is 0 Å². The first kappa shape index (κ1) is 20.1. The van der Waals surface area contributed by atoms with Crippen molar-refractivity contribution in [3.8, 4) is 17.2 Å². The molecule has 1 heterocycles. The molecule has 0 aliphatic carbocycles. The minimum Gasteiger partial charge on any atom is -0.493 e. The van der Waals surface area contributed by atoms with Crippen molar-refractivity contribution in [3.63, 3.8) is 0 Å². The van der Waals surface area contributed by atoms with Crippen LogP contribution >= 0.6 is 0 Å². The van der Waals surface area contributed by atoms with Crippen LogP contribution in [0.3, 0.4) is 0 Å². The SMILES string of the molecule is COc1ccccc1OCCNC[C@H](O)COc1cccc2oc3ccccc3c12. The summed E-state index contributed by atoms with van der Waals surface area (Å²) in [4.78, 5) is 0. The van der Waals surface area contributed by atoms with Crippen LogP contribution in [0.15, 0.2) is 71.1 Å². The van der Waals surface area contributed by atoms with Crippen LogP contribution in [-0.4, -0.2) is 44.6 Å². The highest BCUT2D eigenvalue weighted by Crippen LogP contribution is 2.35. The molecule has 0 aliphatic rings. The Kier molecular flexibility index (Phi) is 6.37. The normalized spacial score (nSPS) is 12.2. The van der Waals surface area contributed by atoms with E-state index in [1.54, 1.807) is 7.11 Å². The summed E-state index contributed by atoms with van der Waals surface area (Å²) in [6.07, 6.45) is -0.648. The van der Waals surface area contributed by atoms with Crippen molar-refractivity contribution >= 4 is 21.9 Å². The highest BCUT2D eigenvalue weighted by Gasteiger charge is 2.13. The summed E-state index contributed by atoms with van der Waals surface area (Å²) in [5.74, 6) is 2.11. The molecule has 1 aromatic heterocycles. The predicted octanol–water partition coefficient (Wildman–Crippen LogP) is 4.00. The van der Waals surface area contributed by atoms with Crippen molar-refractivity contribution in [2.24, 2.45) is 0 Å². The molecule has 0 saturated carbocycles. The van der Waals surface area contributed by atoms with Gasteiger partial charge in [0.2, 0.25) is 0 Å². The van der Waals surface area contributed by atoms with Crippen molar-refractivity contribution in [1.29, 1.82) is 0 Å². The summed E-state index contributed by atoms with van der Waals surface area (Å²) in [6, 6.07) is 21.1. The van der Waals surface area contributed by atoms with Crippen LogP contribution < -0.4 is 19.5 Å². The first-order valence-electron chi connectivity index (χ1n) is 9.94. The molecule has 6 nitrogen and oxygen atoms in total. The summed E-state index contributed by atoms with van der Waals surface area (Å²) in [5, 5.41) is 15.4. The second-order valence-electron chi connectivity index (χ2n) is 6.90. The molecule has 2 N–H and O–H groups in total. The minimum atomic E-state index is -0.648. The Morgan fingerprint density at radius 1 is 0.867 bits per heavy atom. The van der Waals surface area contributed by atoms with Gasteiger partial charge in [-0.15, -0.1) is 0 Å². The van der Waals surface area contributed by atoms with Crippen LogP contribution in [0.5, 0.6) is 17.2 Å². The molecule has 6 heteroatoms. The van der Waals surface area contributed by atoms with Gasteiger partial charge in [0, 0.05) is 18.5 Å². The lowest BCUT2D eigenvalue weighted by molar-refractivity contribution is 0.106. The van der Waals surface area contributed by atoms with E-state index >= 15 is 0 Å². The zero-order valence-corrected chi connectivity index (χ0v) is 16.8. The Labute approximate surface area is 175 Å². The van der Waals surface area contributed by atoms with E-state index in [-0.39, 0.29) is 6.61 Å². The molecular weight excluding hydrogens is 382 g/mol. The van der Waals surface area contributed by atoms with Crippen LogP contribution in [0.2, 0.25) is 0 Å². The van der Waals surface area contributed by atoms with Gasteiger partial charge in [-0.05, 0) is 30.3 Å². The third kappa shape index (κ3) is 4.50. The van der Waals surface area contributed by atoms with Crippen molar-refractivity contribution < 1.29 is 23.7 Å². The van der Waals surface area contributed by atoms with Gasteiger partial charge in [0.1, 0.15) is 36.2 Å². The fourth-order valence-corrected chi connectivity index (χ4v) is 3.35. The van der Waals surface area contributed by atoms with E-state index in [0.717, 1.165) is 21.9 Å². The number of rotatable bonds is 10. The Balaban J connectivity index is 1.26. The number of para-hydroxylation sites is 3. The van der Waals surface area contributed by atoms with Gasteiger partial charge in [-0.2, -0.15) is 0 Å². The lowest BCUT2D eigenvalue weighted by Crippen LogP contribution is -2.33. The average molecular weight is 407 g/mol. The minimum absolute atomic E-state index is 0.180. The molecule has 0 unspecified atom stereocenters. The van der Waals surface area contributed by atoms with Crippen molar-refractivity contribution in [1.82, 2.24) is 5.32 Å². The number of furan rings is 1. The highest BCUT2D eigenvalue weighted by molar-refractivity contribution is 6.08. The third-order valence-corrected chi connectivity index (χ3v) is 4.78. The van der Waals surface area contributed by atoms with E-state index in [0.29, 0.717) is 36.9 Å². The molecule has 0 bridgehead atoms. The van der Waals surface area contributed by atoms with Gasteiger partial charge < -0.3 is 29.1 Å². The van der Waals surface area contributed by atoms with Gasteiger partial charge in [-0.1, -0.05) is 36.4 Å². The molecule has 0 radical (unpaired) electrons. The largest absolute Gasteiger partial charge is 0.493 e. The van der Waals surface area contributed by atoms with Gasteiger partial charge in [0.25, 0.3) is 0 Å². The maximum Gasteiger partial charge on any atom is 0.161 e. The number of fused-ring (bicyclic) bond motifs is 3. The van der Waals surface area contributed by atoms with Crippen molar-refractivity contribution in [3.05, 3.63) is 66.7 Å². The topological polar surface area (TPSA) is 73.1 Å². The summed E-state index contributed by atoms with van der Waals surface area (Å²) in [6.45, 7) is 1.64. The fourth-order valence-electron chi connectivity index (χ4n) is 3.35. The van der Waals surface area contributed by atoms with Gasteiger partial charge in [-0.3, -0.25) is 0 Å². The Morgan fingerprint density at radius 3 is 2.47 bits per heavy atom. The molecule has 0 saturated heterocycles. The zero-order chi connectivity index (χ0) is 20.8. The Hall–Kier alpha value is -3.22. The second kappa shape index (κ2) is 9.52. The van der Waals surface area contributed by atoms with E-state index in [1.165, 1.54) is 0 Å². The van der Waals surface area contributed by atoms with E-state index < -0.39 is 6.10 Å². The third-order valence-electron chi connectivity index (χ3n) is 4.78. The highest BCUT2D eigenvalue weighted by atomic mass is 16.5. The quantitative estimate of drug-likeness (QED) is 0.387. The van der Waals surface area contributed by atoms with Crippen LogP contribution in [0.1, 0.15) is 0 Å². The molecule has 4 rings (SSSR count). The summed E-state index contributed by atoms with van der Waals surface area (Å²) in [7, 11) is 1.61. The van der Waals surface area contributed by atoms with Crippen molar-refractivity contribution in [2.45, 2.75) is 6.10 Å². The average Bonchev–Trinajstić information content (AvgIpc) is 3.17. The lowest BCUT2D eigenvalue weighted by Gasteiger charge is -2.14. The smallest absolute Gasteiger partial charge is 0.161 e.